The maximum absolute atomic E-state index is 13.5. The zero-order chi connectivity index (χ0) is 26.0. The zero-order valence-electron chi connectivity index (χ0n) is 20.9. The van der Waals surface area contributed by atoms with E-state index in [4.69, 9.17) is 21.1 Å². The van der Waals surface area contributed by atoms with Crippen LogP contribution in [0.4, 0.5) is 0 Å². The van der Waals surface area contributed by atoms with Crippen LogP contribution in [0.3, 0.4) is 0 Å². The van der Waals surface area contributed by atoms with Gasteiger partial charge < -0.3 is 24.3 Å². The standard InChI is InChI=1S/C27H29ClN4O4/c1-15(2)32-13-22(28)25-20(9-18(10-23(25)32)17-6-7-24(36-5)29-11-17)26(33)30-12-21-19(14-35-4)8-16(3)31-27(21)34/h6-11,13,15H,12,14H2,1-5H3,(H,30,33)(H,31,34). The van der Waals surface area contributed by atoms with Gasteiger partial charge in [0.2, 0.25) is 5.88 Å². The number of nitrogens with one attached hydrogen (secondary N) is 2. The Morgan fingerprint density at radius 2 is 1.97 bits per heavy atom. The second-order valence-corrected chi connectivity index (χ2v) is 9.29. The Labute approximate surface area is 214 Å². The smallest absolute Gasteiger partial charge is 0.253 e. The van der Waals surface area contributed by atoms with Gasteiger partial charge in [0.15, 0.2) is 0 Å². The molecule has 0 radical (unpaired) electrons. The van der Waals surface area contributed by atoms with Crippen molar-refractivity contribution in [3.8, 4) is 17.0 Å². The van der Waals surface area contributed by atoms with Gasteiger partial charge in [0.1, 0.15) is 0 Å². The van der Waals surface area contributed by atoms with Gasteiger partial charge >= 0.3 is 0 Å². The number of benzene rings is 1. The summed E-state index contributed by atoms with van der Waals surface area (Å²) < 4.78 is 12.5. The van der Waals surface area contributed by atoms with Crippen LogP contribution in [0.25, 0.3) is 22.0 Å². The number of ether oxygens (including phenoxy) is 2. The second-order valence-electron chi connectivity index (χ2n) is 8.89. The van der Waals surface area contributed by atoms with E-state index >= 15 is 0 Å². The molecule has 0 bridgehead atoms. The topological polar surface area (TPSA) is 98.2 Å². The van der Waals surface area contributed by atoms with E-state index in [1.165, 1.54) is 0 Å². The molecule has 0 saturated heterocycles. The number of H-pyrrole nitrogens is 1. The summed E-state index contributed by atoms with van der Waals surface area (Å²) in [6.07, 6.45) is 3.54. The van der Waals surface area contributed by atoms with Crippen LogP contribution in [0.15, 0.2) is 47.5 Å². The minimum absolute atomic E-state index is 0.0471. The number of hydrogen-bond donors (Lipinski definition) is 2. The van der Waals surface area contributed by atoms with Gasteiger partial charge in [-0.1, -0.05) is 11.6 Å². The van der Waals surface area contributed by atoms with Crippen LogP contribution in [0.1, 0.15) is 47.1 Å². The minimum atomic E-state index is -0.338. The number of amides is 1. The van der Waals surface area contributed by atoms with E-state index in [2.05, 4.69) is 29.1 Å². The molecule has 188 valence electrons. The van der Waals surface area contributed by atoms with Crippen LogP contribution in [-0.4, -0.2) is 34.7 Å². The van der Waals surface area contributed by atoms with E-state index in [1.54, 1.807) is 39.5 Å². The normalized spacial score (nSPS) is 11.3. The summed E-state index contributed by atoms with van der Waals surface area (Å²) in [5.41, 5.74) is 4.55. The molecule has 3 aromatic heterocycles. The lowest BCUT2D eigenvalue weighted by Crippen LogP contribution is -2.28. The maximum Gasteiger partial charge on any atom is 0.253 e. The maximum atomic E-state index is 13.5. The van der Waals surface area contributed by atoms with Gasteiger partial charge in [0, 0.05) is 60.4 Å². The van der Waals surface area contributed by atoms with Crippen LogP contribution >= 0.6 is 11.6 Å². The number of aryl methyl sites for hydroxylation is 1. The molecule has 0 aliphatic heterocycles. The Morgan fingerprint density at radius 1 is 1.19 bits per heavy atom. The van der Waals surface area contributed by atoms with Crippen LogP contribution in [0.2, 0.25) is 5.02 Å². The highest BCUT2D eigenvalue weighted by atomic mass is 35.5. The Kier molecular flexibility index (Phi) is 7.47. The van der Waals surface area contributed by atoms with E-state index < -0.39 is 0 Å². The summed E-state index contributed by atoms with van der Waals surface area (Å²) in [5.74, 6) is 0.164. The van der Waals surface area contributed by atoms with Crippen LogP contribution in [0, 0.1) is 6.92 Å². The van der Waals surface area contributed by atoms with Crippen molar-refractivity contribution in [2.45, 2.75) is 40.0 Å². The van der Waals surface area contributed by atoms with E-state index in [1.807, 2.05) is 29.0 Å². The van der Waals surface area contributed by atoms with E-state index in [9.17, 15) is 9.59 Å². The van der Waals surface area contributed by atoms with Crippen molar-refractivity contribution in [2.24, 2.45) is 0 Å². The van der Waals surface area contributed by atoms with Gasteiger partial charge in [0.05, 0.1) is 29.8 Å². The lowest BCUT2D eigenvalue weighted by Gasteiger charge is -2.14. The van der Waals surface area contributed by atoms with E-state index in [0.717, 1.165) is 27.9 Å². The summed E-state index contributed by atoms with van der Waals surface area (Å²) in [5, 5.41) is 4.05. The van der Waals surface area contributed by atoms with Crippen molar-refractivity contribution in [2.75, 3.05) is 14.2 Å². The van der Waals surface area contributed by atoms with E-state index in [-0.39, 0.29) is 30.7 Å². The third-order valence-corrected chi connectivity index (χ3v) is 6.34. The van der Waals surface area contributed by atoms with Gasteiger partial charge in [-0.3, -0.25) is 9.59 Å². The Morgan fingerprint density at radius 3 is 2.61 bits per heavy atom. The molecule has 0 fully saturated rings. The fraction of sp³-hybridized carbons (Fsp3) is 0.296. The summed E-state index contributed by atoms with van der Waals surface area (Å²) in [6, 6.07) is 9.44. The number of carbonyl (C=O) groups excluding carboxylic acids is 1. The predicted octanol–water partition coefficient (Wildman–Crippen LogP) is 5.02. The fourth-order valence-electron chi connectivity index (χ4n) is 4.31. The van der Waals surface area contributed by atoms with E-state index in [0.29, 0.717) is 27.4 Å². The Bertz CT molecular complexity index is 1470. The van der Waals surface area contributed by atoms with Crippen molar-refractivity contribution in [3.63, 3.8) is 0 Å². The predicted molar refractivity (Wildman–Crippen MR) is 141 cm³/mol. The first kappa shape index (κ1) is 25.5. The largest absolute Gasteiger partial charge is 0.481 e. The summed E-state index contributed by atoms with van der Waals surface area (Å²) in [6.45, 7) is 6.23. The number of rotatable bonds is 8. The molecule has 3 heterocycles. The van der Waals surface area contributed by atoms with Gasteiger partial charge in [0.25, 0.3) is 11.5 Å². The number of nitrogens with zero attached hydrogens (tertiary/aromatic N) is 2. The molecule has 1 aromatic carbocycles. The summed E-state index contributed by atoms with van der Waals surface area (Å²) in [4.78, 5) is 33.3. The molecule has 0 spiro atoms. The Hall–Kier alpha value is -3.62. The number of aromatic nitrogens is 3. The van der Waals surface area contributed by atoms with Gasteiger partial charge in [-0.05, 0) is 56.2 Å². The van der Waals surface area contributed by atoms with Crippen LogP contribution in [0.5, 0.6) is 5.88 Å². The van der Waals surface area contributed by atoms with Gasteiger partial charge in [-0.25, -0.2) is 4.98 Å². The summed E-state index contributed by atoms with van der Waals surface area (Å²) >= 11 is 6.63. The molecule has 0 aliphatic rings. The first-order chi connectivity index (χ1) is 17.2. The molecule has 4 aromatic rings. The molecule has 36 heavy (non-hydrogen) atoms. The molecule has 8 nitrogen and oxygen atoms in total. The molecular weight excluding hydrogens is 480 g/mol. The molecule has 0 aliphatic carbocycles. The number of aromatic amines is 1. The first-order valence-corrected chi connectivity index (χ1v) is 11.9. The highest BCUT2D eigenvalue weighted by Crippen LogP contribution is 2.35. The van der Waals surface area contributed by atoms with Crippen molar-refractivity contribution in [1.29, 1.82) is 0 Å². The van der Waals surface area contributed by atoms with Crippen molar-refractivity contribution in [3.05, 3.63) is 80.5 Å². The minimum Gasteiger partial charge on any atom is -0.481 e. The molecule has 2 N–H and O–H groups in total. The number of pyridine rings is 2. The molecule has 0 saturated carbocycles. The first-order valence-electron chi connectivity index (χ1n) is 11.6. The fourth-order valence-corrected chi connectivity index (χ4v) is 4.61. The lowest BCUT2D eigenvalue weighted by molar-refractivity contribution is 0.0952. The SMILES string of the molecule is COCc1cc(C)[nH]c(=O)c1CNC(=O)c1cc(-c2ccc(OC)nc2)cc2c1c(Cl)cn2C(C)C. The Balaban J connectivity index is 1.78. The van der Waals surface area contributed by atoms with Gasteiger partial charge in [-0.15, -0.1) is 0 Å². The molecule has 0 atom stereocenters. The number of halogens is 1. The molecular formula is C27H29ClN4O4. The average molecular weight is 509 g/mol. The third kappa shape index (κ3) is 5.01. The number of methoxy groups -OCH3 is 2. The summed E-state index contributed by atoms with van der Waals surface area (Å²) in [7, 11) is 3.13. The monoisotopic (exact) mass is 508 g/mol. The average Bonchev–Trinajstić information content (AvgIpc) is 3.19. The zero-order valence-corrected chi connectivity index (χ0v) is 21.7. The molecule has 4 rings (SSSR count). The molecule has 1 amide bonds. The second kappa shape index (κ2) is 10.6. The quantitative estimate of drug-likeness (QED) is 0.348. The molecule has 9 heteroatoms. The van der Waals surface area contributed by atoms with Crippen LogP contribution < -0.4 is 15.6 Å². The lowest BCUT2D eigenvalue weighted by atomic mass is 10.0. The molecule has 0 unspecified atom stereocenters. The van der Waals surface area contributed by atoms with Crippen LogP contribution in [-0.2, 0) is 17.9 Å². The third-order valence-electron chi connectivity index (χ3n) is 6.06. The van der Waals surface area contributed by atoms with Gasteiger partial charge in [-0.2, -0.15) is 0 Å². The van der Waals surface area contributed by atoms with Crippen molar-refractivity contribution >= 4 is 28.4 Å². The highest BCUT2D eigenvalue weighted by Gasteiger charge is 2.20. The number of fused-ring (bicyclic) bond motifs is 1. The highest BCUT2D eigenvalue weighted by molar-refractivity contribution is 6.37. The van der Waals surface area contributed by atoms with Crippen molar-refractivity contribution in [1.82, 2.24) is 19.9 Å². The number of hydrogen-bond acceptors (Lipinski definition) is 5. The number of carbonyl (C=O) groups is 1. The van der Waals surface area contributed by atoms with Crippen molar-refractivity contribution < 1.29 is 14.3 Å².